The first kappa shape index (κ1) is 19.7. The monoisotopic (exact) mass is 391 g/mol. The zero-order valence-corrected chi connectivity index (χ0v) is 16.3. The van der Waals surface area contributed by atoms with Crippen LogP contribution in [0.2, 0.25) is 0 Å². The number of carbonyl (C=O) groups excluding carboxylic acids is 2. The Hall–Kier alpha value is -3.05. The number of ether oxygens (including phenoxy) is 1. The van der Waals surface area contributed by atoms with E-state index in [1.54, 1.807) is 17.8 Å². The Balaban J connectivity index is 1.67. The van der Waals surface area contributed by atoms with E-state index in [9.17, 15) is 9.59 Å². The number of anilines is 1. The maximum absolute atomic E-state index is 12.8. The molecular weight excluding hydrogens is 370 g/mol. The van der Waals surface area contributed by atoms with E-state index in [0.29, 0.717) is 5.69 Å². The Bertz CT molecular complexity index is 889. The third-order valence-electron chi connectivity index (χ3n) is 4.20. The molecule has 1 N–H and O–H groups in total. The molecule has 0 radical (unpaired) electrons. The second kappa shape index (κ2) is 9.76. The van der Waals surface area contributed by atoms with E-state index < -0.39 is 11.9 Å². The summed E-state index contributed by atoms with van der Waals surface area (Å²) in [5.74, 6) is -1.40. The number of benzene rings is 3. The van der Waals surface area contributed by atoms with Crippen LogP contribution in [0.1, 0.15) is 17.0 Å². The van der Waals surface area contributed by atoms with Gasteiger partial charge in [-0.15, -0.1) is 11.8 Å². The molecule has 0 bridgehead atoms. The van der Waals surface area contributed by atoms with E-state index in [4.69, 9.17) is 4.74 Å². The number of nitrogens with one attached hydrogen (secondary N) is 1. The summed E-state index contributed by atoms with van der Waals surface area (Å²) in [4.78, 5) is 26.1. The van der Waals surface area contributed by atoms with Crippen LogP contribution in [0.3, 0.4) is 0 Å². The number of thioether (sulfide) groups is 1. The highest BCUT2D eigenvalue weighted by atomic mass is 32.2. The van der Waals surface area contributed by atoms with E-state index in [2.05, 4.69) is 5.32 Å². The molecule has 0 unspecified atom stereocenters. The van der Waals surface area contributed by atoms with Gasteiger partial charge in [-0.1, -0.05) is 66.7 Å². The lowest BCUT2D eigenvalue weighted by molar-refractivity contribution is -0.147. The molecule has 0 aliphatic rings. The van der Waals surface area contributed by atoms with Crippen LogP contribution in [0.4, 0.5) is 5.69 Å². The number of hydrogen-bond donors (Lipinski definition) is 1. The fraction of sp³-hybridized carbons (Fsp3) is 0.130. The first-order valence-electron chi connectivity index (χ1n) is 8.88. The molecule has 3 rings (SSSR count). The van der Waals surface area contributed by atoms with Gasteiger partial charge >= 0.3 is 5.97 Å². The second-order valence-electron chi connectivity index (χ2n) is 6.14. The Labute approximate surface area is 168 Å². The van der Waals surface area contributed by atoms with Crippen molar-refractivity contribution in [3.63, 3.8) is 0 Å². The summed E-state index contributed by atoms with van der Waals surface area (Å²) in [5.41, 5.74) is 2.33. The van der Waals surface area contributed by atoms with Gasteiger partial charge in [0.1, 0.15) is 5.92 Å². The Morgan fingerprint density at radius 1 is 0.893 bits per heavy atom. The van der Waals surface area contributed by atoms with Crippen molar-refractivity contribution in [2.24, 2.45) is 0 Å². The Morgan fingerprint density at radius 3 is 2.07 bits per heavy atom. The quantitative estimate of drug-likeness (QED) is 0.468. The van der Waals surface area contributed by atoms with Crippen LogP contribution in [-0.4, -0.2) is 24.7 Å². The maximum atomic E-state index is 12.8. The molecule has 142 valence electrons. The molecule has 3 aromatic carbocycles. The van der Waals surface area contributed by atoms with Crippen LogP contribution in [0.25, 0.3) is 0 Å². The van der Waals surface area contributed by atoms with E-state index in [1.165, 1.54) is 0 Å². The lowest BCUT2D eigenvalue weighted by Gasteiger charge is -2.17. The minimum absolute atomic E-state index is 0.335. The molecule has 0 saturated heterocycles. The average Bonchev–Trinajstić information content (AvgIpc) is 2.74. The molecule has 0 atom stereocenters. The molecule has 0 saturated carbocycles. The van der Waals surface area contributed by atoms with Gasteiger partial charge in [0.2, 0.25) is 0 Å². The molecule has 0 aromatic heterocycles. The van der Waals surface area contributed by atoms with Gasteiger partial charge in [0.05, 0.1) is 0 Å². The first-order chi connectivity index (χ1) is 13.7. The third kappa shape index (κ3) is 5.24. The zero-order chi connectivity index (χ0) is 19.8. The van der Waals surface area contributed by atoms with E-state index in [0.717, 1.165) is 16.0 Å². The molecule has 0 aliphatic carbocycles. The van der Waals surface area contributed by atoms with Gasteiger partial charge in [0.15, 0.2) is 6.61 Å². The van der Waals surface area contributed by atoms with Crippen molar-refractivity contribution in [2.75, 3.05) is 18.2 Å². The molecule has 3 aromatic rings. The van der Waals surface area contributed by atoms with Gasteiger partial charge in [0.25, 0.3) is 5.91 Å². The number of rotatable bonds is 7. The number of carbonyl (C=O) groups is 2. The van der Waals surface area contributed by atoms with Crippen molar-refractivity contribution in [3.8, 4) is 0 Å². The second-order valence-corrected chi connectivity index (χ2v) is 7.02. The predicted octanol–water partition coefficient (Wildman–Crippen LogP) is 4.72. The lowest BCUT2D eigenvalue weighted by atomic mass is 9.91. The largest absolute Gasteiger partial charge is 0.455 e. The molecule has 1 amide bonds. The van der Waals surface area contributed by atoms with Crippen LogP contribution in [-0.2, 0) is 14.3 Å². The van der Waals surface area contributed by atoms with E-state index >= 15 is 0 Å². The molecule has 5 heteroatoms. The standard InChI is InChI=1S/C23H21NO3S/c1-28-20-14-8-13-19(15-20)24-21(25)16-27-23(26)22(17-9-4-2-5-10-17)18-11-6-3-7-12-18/h2-15,22H,16H2,1H3,(H,24,25). The highest BCUT2D eigenvalue weighted by Crippen LogP contribution is 2.26. The van der Waals surface area contributed by atoms with E-state index in [-0.39, 0.29) is 12.5 Å². The van der Waals surface area contributed by atoms with Gasteiger partial charge in [-0.2, -0.15) is 0 Å². The average molecular weight is 391 g/mol. The summed E-state index contributed by atoms with van der Waals surface area (Å²) in [7, 11) is 0. The zero-order valence-electron chi connectivity index (χ0n) is 15.5. The topological polar surface area (TPSA) is 55.4 Å². The van der Waals surface area contributed by atoms with Crippen molar-refractivity contribution >= 4 is 29.3 Å². The fourth-order valence-corrected chi connectivity index (χ4v) is 3.33. The normalized spacial score (nSPS) is 10.5. The van der Waals surface area contributed by atoms with Gasteiger partial charge < -0.3 is 10.1 Å². The molecule has 0 aliphatic heterocycles. The minimum Gasteiger partial charge on any atom is -0.455 e. The molecule has 28 heavy (non-hydrogen) atoms. The van der Waals surface area contributed by atoms with Gasteiger partial charge in [-0.3, -0.25) is 9.59 Å². The summed E-state index contributed by atoms with van der Waals surface area (Å²) in [6.07, 6.45) is 1.97. The molecular formula is C23H21NO3S. The highest BCUT2D eigenvalue weighted by Gasteiger charge is 2.24. The molecule has 0 heterocycles. The number of esters is 1. The van der Waals surface area contributed by atoms with Crippen LogP contribution < -0.4 is 5.32 Å². The van der Waals surface area contributed by atoms with Crippen molar-refractivity contribution < 1.29 is 14.3 Å². The highest BCUT2D eigenvalue weighted by molar-refractivity contribution is 7.98. The minimum atomic E-state index is -0.574. The molecule has 0 fully saturated rings. The third-order valence-corrected chi connectivity index (χ3v) is 4.93. The Morgan fingerprint density at radius 2 is 1.50 bits per heavy atom. The lowest BCUT2D eigenvalue weighted by Crippen LogP contribution is -2.24. The number of amides is 1. The van der Waals surface area contributed by atoms with Gasteiger partial charge in [0, 0.05) is 10.6 Å². The van der Waals surface area contributed by atoms with Gasteiger partial charge in [-0.05, 0) is 35.6 Å². The van der Waals surface area contributed by atoms with Crippen molar-refractivity contribution in [1.29, 1.82) is 0 Å². The van der Waals surface area contributed by atoms with Crippen molar-refractivity contribution in [3.05, 3.63) is 96.1 Å². The summed E-state index contributed by atoms with van der Waals surface area (Å²) >= 11 is 1.59. The van der Waals surface area contributed by atoms with Crippen LogP contribution in [0.5, 0.6) is 0 Å². The summed E-state index contributed by atoms with van der Waals surface area (Å²) in [5, 5.41) is 2.76. The van der Waals surface area contributed by atoms with Gasteiger partial charge in [-0.25, -0.2) is 0 Å². The van der Waals surface area contributed by atoms with Crippen LogP contribution in [0.15, 0.2) is 89.8 Å². The smallest absolute Gasteiger partial charge is 0.318 e. The Kier molecular flexibility index (Phi) is 6.87. The summed E-state index contributed by atoms with van der Waals surface area (Å²) in [6, 6.07) is 26.3. The number of hydrogen-bond acceptors (Lipinski definition) is 4. The van der Waals surface area contributed by atoms with Crippen LogP contribution in [0, 0.1) is 0 Å². The fourth-order valence-electron chi connectivity index (χ4n) is 2.87. The summed E-state index contributed by atoms with van der Waals surface area (Å²) in [6.45, 7) is -0.335. The first-order valence-corrected chi connectivity index (χ1v) is 10.1. The summed E-state index contributed by atoms with van der Waals surface area (Å²) < 4.78 is 5.35. The SMILES string of the molecule is CSc1cccc(NC(=O)COC(=O)C(c2ccccc2)c2ccccc2)c1. The van der Waals surface area contributed by atoms with Crippen molar-refractivity contribution in [2.45, 2.75) is 10.8 Å². The van der Waals surface area contributed by atoms with E-state index in [1.807, 2.05) is 85.1 Å². The maximum Gasteiger partial charge on any atom is 0.318 e. The predicted molar refractivity (Wildman–Crippen MR) is 113 cm³/mol. The molecule has 0 spiro atoms. The molecule has 4 nitrogen and oxygen atoms in total. The van der Waals surface area contributed by atoms with Crippen LogP contribution >= 0.6 is 11.8 Å². The van der Waals surface area contributed by atoms with Crippen molar-refractivity contribution in [1.82, 2.24) is 0 Å².